The summed E-state index contributed by atoms with van der Waals surface area (Å²) in [5.74, 6) is 1.31. The van der Waals surface area contributed by atoms with Gasteiger partial charge in [-0.15, -0.1) is 11.3 Å². The van der Waals surface area contributed by atoms with Crippen LogP contribution >= 0.6 is 11.3 Å². The van der Waals surface area contributed by atoms with Gasteiger partial charge in [-0.3, -0.25) is 14.0 Å². The van der Waals surface area contributed by atoms with Crippen LogP contribution in [0.5, 0.6) is 0 Å². The van der Waals surface area contributed by atoms with Crippen molar-refractivity contribution in [1.29, 1.82) is 0 Å². The number of aromatic nitrogens is 3. The summed E-state index contributed by atoms with van der Waals surface area (Å²) < 4.78 is 8.52. The lowest BCUT2D eigenvalue weighted by atomic mass is 10.3. The molecule has 0 saturated carbocycles. The Bertz CT molecular complexity index is 1150. The van der Waals surface area contributed by atoms with Crippen molar-refractivity contribution in [3.8, 4) is 0 Å². The second-order valence-electron chi connectivity index (χ2n) is 6.27. The molecule has 0 N–H and O–H groups in total. The number of carbonyl (C=O) groups is 1. The lowest BCUT2D eigenvalue weighted by Gasteiger charge is -2.20. The molecule has 7 nitrogen and oxygen atoms in total. The number of furan rings is 1. The number of amides is 1. The molecular weight excluding hydrogens is 364 g/mol. The van der Waals surface area contributed by atoms with Gasteiger partial charge in [-0.1, -0.05) is 6.92 Å². The molecule has 0 fully saturated rings. The predicted molar refractivity (Wildman–Crippen MR) is 104 cm³/mol. The number of aryl methyl sites for hydroxylation is 1. The van der Waals surface area contributed by atoms with Crippen LogP contribution in [0.4, 0.5) is 0 Å². The molecule has 1 amide bonds. The lowest BCUT2D eigenvalue weighted by Crippen LogP contribution is -2.37. The number of likely N-dealkylation sites (N-methyl/N-ethyl adjacent to an activating group) is 1. The van der Waals surface area contributed by atoms with Crippen LogP contribution in [0, 0.1) is 0 Å². The second-order valence-corrected chi connectivity index (χ2v) is 7.16. The SMILES string of the molecule is CCc1nn(CC(=O)N(CC)Cc2ccco2)c(=O)c2cc3ccsc3n12. The molecule has 27 heavy (non-hydrogen) atoms. The fraction of sp³-hybridized carbons (Fsp3) is 0.316. The van der Waals surface area contributed by atoms with E-state index in [2.05, 4.69) is 5.10 Å². The van der Waals surface area contributed by atoms with Gasteiger partial charge in [0, 0.05) is 18.4 Å². The average molecular weight is 384 g/mol. The molecule has 4 aromatic rings. The molecule has 4 aromatic heterocycles. The maximum atomic E-state index is 12.9. The monoisotopic (exact) mass is 384 g/mol. The Kier molecular flexibility index (Phi) is 4.57. The first-order valence-corrected chi connectivity index (χ1v) is 9.79. The van der Waals surface area contributed by atoms with Gasteiger partial charge >= 0.3 is 0 Å². The van der Waals surface area contributed by atoms with Gasteiger partial charge in [0.05, 0.1) is 12.8 Å². The zero-order chi connectivity index (χ0) is 19.0. The Morgan fingerprint density at radius 2 is 2.19 bits per heavy atom. The topological polar surface area (TPSA) is 72.8 Å². The Morgan fingerprint density at radius 1 is 1.33 bits per heavy atom. The van der Waals surface area contributed by atoms with Crippen LogP contribution in [0.3, 0.4) is 0 Å². The van der Waals surface area contributed by atoms with Crippen molar-refractivity contribution in [3.63, 3.8) is 0 Å². The smallest absolute Gasteiger partial charge is 0.291 e. The summed E-state index contributed by atoms with van der Waals surface area (Å²) >= 11 is 1.58. The fourth-order valence-corrected chi connectivity index (χ4v) is 4.15. The standard InChI is InChI=1S/C19H20N4O3S/c1-3-16-20-22(12-17(24)21(4-2)11-14-6-5-8-26-14)18(25)15-10-13-7-9-27-19(13)23(15)16/h5-10H,3-4,11-12H2,1-2H3. The molecule has 4 heterocycles. The molecule has 0 radical (unpaired) electrons. The van der Waals surface area contributed by atoms with Gasteiger partial charge in [0.1, 0.15) is 28.5 Å². The summed E-state index contributed by atoms with van der Waals surface area (Å²) in [6.45, 7) is 4.71. The minimum atomic E-state index is -0.252. The third-order valence-electron chi connectivity index (χ3n) is 4.62. The van der Waals surface area contributed by atoms with Crippen LogP contribution in [0.2, 0.25) is 0 Å². The molecule has 140 valence electrons. The number of thiophene rings is 1. The highest BCUT2D eigenvalue weighted by molar-refractivity contribution is 7.16. The van der Waals surface area contributed by atoms with Gasteiger partial charge in [-0.25, -0.2) is 4.68 Å². The summed E-state index contributed by atoms with van der Waals surface area (Å²) in [4.78, 5) is 28.3. The molecule has 0 bridgehead atoms. The van der Waals surface area contributed by atoms with Crippen LogP contribution < -0.4 is 5.56 Å². The van der Waals surface area contributed by atoms with Crippen LogP contribution in [0.1, 0.15) is 25.4 Å². The van der Waals surface area contributed by atoms with Crippen LogP contribution in [0.15, 0.2) is 45.1 Å². The highest BCUT2D eigenvalue weighted by Crippen LogP contribution is 2.24. The number of fused-ring (bicyclic) bond motifs is 3. The minimum Gasteiger partial charge on any atom is -0.467 e. The van der Waals surface area contributed by atoms with Gasteiger partial charge in [0.15, 0.2) is 0 Å². The third kappa shape index (κ3) is 3.06. The van der Waals surface area contributed by atoms with E-state index in [0.29, 0.717) is 30.8 Å². The molecule has 0 atom stereocenters. The number of nitrogens with zero attached hydrogens (tertiary/aromatic N) is 4. The normalized spacial score (nSPS) is 11.5. The Morgan fingerprint density at radius 3 is 2.89 bits per heavy atom. The van der Waals surface area contributed by atoms with E-state index in [1.807, 2.05) is 41.8 Å². The van der Waals surface area contributed by atoms with Crippen molar-refractivity contribution in [2.45, 2.75) is 33.4 Å². The van der Waals surface area contributed by atoms with Crippen molar-refractivity contribution in [2.75, 3.05) is 6.54 Å². The molecular formula is C19H20N4O3S. The van der Waals surface area contributed by atoms with Crippen molar-refractivity contribution >= 4 is 33.0 Å². The molecule has 0 spiro atoms. The maximum Gasteiger partial charge on any atom is 0.291 e. The van der Waals surface area contributed by atoms with Gasteiger partial charge < -0.3 is 9.32 Å². The Labute approximate surface area is 159 Å². The maximum absolute atomic E-state index is 12.9. The largest absolute Gasteiger partial charge is 0.467 e. The first kappa shape index (κ1) is 17.5. The summed E-state index contributed by atoms with van der Waals surface area (Å²) in [5, 5.41) is 7.50. The highest BCUT2D eigenvalue weighted by atomic mass is 32.1. The molecule has 8 heteroatoms. The van der Waals surface area contributed by atoms with E-state index in [9.17, 15) is 9.59 Å². The minimum absolute atomic E-state index is 0.0876. The first-order chi connectivity index (χ1) is 13.1. The quantitative estimate of drug-likeness (QED) is 0.512. The van der Waals surface area contributed by atoms with Crippen LogP contribution in [-0.2, 0) is 24.3 Å². The number of carbonyl (C=O) groups excluding carboxylic acids is 1. The molecule has 0 saturated heterocycles. The molecule has 0 aliphatic rings. The molecule has 0 aromatic carbocycles. The summed E-state index contributed by atoms with van der Waals surface area (Å²) in [5.41, 5.74) is 0.309. The lowest BCUT2D eigenvalue weighted by molar-refractivity contribution is -0.132. The van der Waals surface area contributed by atoms with Crippen molar-refractivity contribution in [2.24, 2.45) is 0 Å². The number of hydrogen-bond donors (Lipinski definition) is 0. The Hall–Kier alpha value is -2.87. The van der Waals surface area contributed by atoms with Crippen molar-refractivity contribution in [1.82, 2.24) is 19.1 Å². The zero-order valence-electron chi connectivity index (χ0n) is 15.2. The number of rotatable bonds is 6. The summed E-state index contributed by atoms with van der Waals surface area (Å²) in [6.07, 6.45) is 2.25. The fourth-order valence-electron chi connectivity index (χ4n) is 3.23. The average Bonchev–Trinajstić information content (AvgIpc) is 3.39. The van der Waals surface area contributed by atoms with E-state index >= 15 is 0 Å². The third-order valence-corrected chi connectivity index (χ3v) is 5.53. The van der Waals surface area contributed by atoms with Crippen molar-refractivity contribution < 1.29 is 9.21 Å². The van der Waals surface area contributed by atoms with Crippen LogP contribution in [-0.4, -0.2) is 31.5 Å². The Balaban J connectivity index is 1.69. The van der Waals surface area contributed by atoms with E-state index < -0.39 is 0 Å². The number of hydrogen-bond acceptors (Lipinski definition) is 5. The molecule has 0 unspecified atom stereocenters. The summed E-state index contributed by atoms with van der Waals surface area (Å²) in [6, 6.07) is 7.48. The van der Waals surface area contributed by atoms with E-state index in [1.54, 1.807) is 28.6 Å². The second kappa shape index (κ2) is 7.03. The van der Waals surface area contributed by atoms with Gasteiger partial charge in [0.25, 0.3) is 5.56 Å². The van der Waals surface area contributed by atoms with Gasteiger partial charge in [-0.2, -0.15) is 5.10 Å². The molecule has 0 aliphatic heterocycles. The highest BCUT2D eigenvalue weighted by Gasteiger charge is 2.19. The van der Waals surface area contributed by atoms with E-state index in [0.717, 1.165) is 16.0 Å². The van der Waals surface area contributed by atoms with Gasteiger partial charge in [0.2, 0.25) is 5.91 Å². The van der Waals surface area contributed by atoms with E-state index in [4.69, 9.17) is 4.42 Å². The van der Waals surface area contributed by atoms with E-state index in [1.165, 1.54) is 4.68 Å². The van der Waals surface area contributed by atoms with Gasteiger partial charge in [-0.05, 0) is 36.6 Å². The first-order valence-electron chi connectivity index (χ1n) is 8.91. The summed E-state index contributed by atoms with van der Waals surface area (Å²) in [7, 11) is 0. The molecule has 0 aliphatic carbocycles. The van der Waals surface area contributed by atoms with Crippen molar-refractivity contribution in [3.05, 3.63) is 57.8 Å². The zero-order valence-corrected chi connectivity index (χ0v) is 16.0. The van der Waals surface area contributed by atoms with Crippen LogP contribution in [0.25, 0.3) is 15.7 Å². The van der Waals surface area contributed by atoms with E-state index in [-0.39, 0.29) is 18.0 Å². The molecule has 4 rings (SSSR count). The predicted octanol–water partition coefficient (Wildman–Crippen LogP) is 2.91.